The predicted molar refractivity (Wildman–Crippen MR) is 291 cm³/mol. The van der Waals surface area contributed by atoms with Crippen molar-refractivity contribution < 1.29 is 113 Å². The van der Waals surface area contributed by atoms with Crippen molar-refractivity contribution in [3.63, 3.8) is 0 Å². The van der Waals surface area contributed by atoms with Crippen LogP contribution < -0.4 is 0 Å². The number of hydrogen-bond donors (Lipinski definition) is 12. The van der Waals surface area contributed by atoms with Crippen LogP contribution in [0.1, 0.15) is 213 Å². The molecule has 1 saturated carbocycles. The van der Waals surface area contributed by atoms with Crippen LogP contribution in [0.4, 0.5) is 0 Å². The van der Waals surface area contributed by atoms with Gasteiger partial charge in [-0.15, -0.1) is 0 Å². The first-order chi connectivity index (χ1) is 38.4. The Balaban J connectivity index is 1.67. The molecule has 0 aromatic rings. The van der Waals surface area contributed by atoms with Gasteiger partial charge in [0.15, 0.2) is 18.7 Å². The lowest BCUT2D eigenvalue weighted by Crippen LogP contribution is -2.69. The van der Waals surface area contributed by atoms with Gasteiger partial charge in [0.05, 0.1) is 19.8 Å². The maximum atomic E-state index is 14.0. The minimum atomic E-state index is -5.63. The van der Waals surface area contributed by atoms with Crippen molar-refractivity contribution in [1.82, 2.24) is 0 Å². The summed E-state index contributed by atoms with van der Waals surface area (Å²) in [5.41, 5.74) is 0. The Labute approximate surface area is 474 Å². The van der Waals surface area contributed by atoms with Crippen molar-refractivity contribution in [3.05, 3.63) is 0 Å². The molecule has 472 valence electrons. The third-order valence-electron chi connectivity index (χ3n) is 15.4. The minimum Gasteiger partial charge on any atom is -0.462 e. The average molecular weight is 1180 g/mol. The molecular formula is C56H105O23P. The van der Waals surface area contributed by atoms with E-state index in [2.05, 4.69) is 13.8 Å². The highest BCUT2D eigenvalue weighted by Crippen LogP contribution is 2.49. The molecular weight excluding hydrogens is 1070 g/mol. The standard InChI is InChI=1S/C56H105O23P/c1-3-5-7-9-11-13-15-17-18-19-20-21-23-24-26-28-30-32-41(59)72-36-38(74-42(60)33-31-29-27-25-22-16-14-12-10-8-6-4-2)37-73-80(70,71)79-54-52(77-55-50(68)45(63)43(61)39(34-57)75-55)48(66)47(65)49(67)53(54)78-56-51(69)46(64)44(62)40(35-58)76-56/h38-40,43-58,61-69H,3-37H2,1-2H3,(H,70,71). The highest BCUT2D eigenvalue weighted by Gasteiger charge is 2.58. The smallest absolute Gasteiger partial charge is 0.462 e. The van der Waals surface area contributed by atoms with Gasteiger partial charge in [0, 0.05) is 12.8 Å². The topological polar surface area (TPSA) is 368 Å². The number of aliphatic hydroxyl groups is 11. The third kappa shape index (κ3) is 26.8. The van der Waals surface area contributed by atoms with Crippen molar-refractivity contribution in [2.24, 2.45) is 0 Å². The lowest BCUT2D eigenvalue weighted by Gasteiger charge is -2.49. The molecule has 3 rings (SSSR count). The van der Waals surface area contributed by atoms with E-state index in [1.165, 1.54) is 116 Å². The second-order valence-corrected chi connectivity index (χ2v) is 23.6. The van der Waals surface area contributed by atoms with Gasteiger partial charge < -0.3 is 89.5 Å². The number of esters is 2. The minimum absolute atomic E-state index is 0.0253. The molecule has 2 saturated heterocycles. The Kier molecular flexibility index (Phi) is 37.7. The molecule has 0 spiro atoms. The summed E-state index contributed by atoms with van der Waals surface area (Å²) in [6.07, 6.45) is -2.01. The Hall–Kier alpha value is -1.55. The van der Waals surface area contributed by atoms with E-state index in [0.29, 0.717) is 12.8 Å². The molecule has 80 heavy (non-hydrogen) atoms. The zero-order valence-corrected chi connectivity index (χ0v) is 48.8. The number of carbonyl (C=O) groups is 2. The second kappa shape index (κ2) is 41.5. The Morgan fingerprint density at radius 2 is 0.750 bits per heavy atom. The summed E-state index contributed by atoms with van der Waals surface area (Å²) in [6.45, 7) is 1.03. The van der Waals surface area contributed by atoms with Gasteiger partial charge in [0.1, 0.15) is 92.1 Å². The van der Waals surface area contributed by atoms with Crippen LogP contribution >= 0.6 is 7.82 Å². The quantitative estimate of drug-likeness (QED) is 0.0226. The molecule has 0 aromatic carbocycles. The summed E-state index contributed by atoms with van der Waals surface area (Å²) in [5, 5.41) is 117. The van der Waals surface area contributed by atoms with Crippen molar-refractivity contribution in [1.29, 1.82) is 0 Å². The zero-order chi connectivity index (χ0) is 58.9. The summed E-state index contributed by atoms with van der Waals surface area (Å²) >= 11 is 0. The molecule has 3 fully saturated rings. The second-order valence-electron chi connectivity index (χ2n) is 22.2. The number of aliphatic hydroxyl groups excluding tert-OH is 11. The van der Waals surface area contributed by atoms with Gasteiger partial charge >= 0.3 is 19.8 Å². The van der Waals surface area contributed by atoms with Gasteiger partial charge in [-0.05, 0) is 12.8 Å². The van der Waals surface area contributed by atoms with Crippen molar-refractivity contribution in [3.8, 4) is 0 Å². The fourth-order valence-electron chi connectivity index (χ4n) is 10.4. The normalized spacial score (nSPS) is 31.2. The highest BCUT2D eigenvalue weighted by atomic mass is 31.2. The molecule has 2 heterocycles. The van der Waals surface area contributed by atoms with E-state index in [1.54, 1.807) is 0 Å². The first kappa shape index (κ1) is 72.7. The maximum Gasteiger partial charge on any atom is 0.472 e. The van der Waals surface area contributed by atoms with Crippen molar-refractivity contribution in [2.75, 3.05) is 26.4 Å². The van der Waals surface area contributed by atoms with Crippen LogP contribution in [0.2, 0.25) is 0 Å². The van der Waals surface area contributed by atoms with Crippen LogP contribution in [0.3, 0.4) is 0 Å². The third-order valence-corrected chi connectivity index (χ3v) is 16.4. The molecule has 23 nitrogen and oxygen atoms in total. The van der Waals surface area contributed by atoms with Crippen LogP contribution in [0.5, 0.6) is 0 Å². The molecule has 12 N–H and O–H groups in total. The molecule has 3 aliphatic rings. The van der Waals surface area contributed by atoms with Crippen LogP contribution in [0, 0.1) is 0 Å². The number of rotatable bonds is 45. The van der Waals surface area contributed by atoms with E-state index in [0.717, 1.165) is 57.8 Å². The zero-order valence-electron chi connectivity index (χ0n) is 47.9. The maximum absolute atomic E-state index is 14.0. The van der Waals surface area contributed by atoms with Crippen LogP contribution in [-0.2, 0) is 51.6 Å². The van der Waals surface area contributed by atoms with Gasteiger partial charge in [-0.2, -0.15) is 0 Å². The molecule has 24 heteroatoms. The Bertz CT molecular complexity index is 1600. The summed E-state index contributed by atoms with van der Waals surface area (Å²) in [6, 6.07) is 0. The predicted octanol–water partition coefficient (Wildman–Crippen LogP) is 4.54. The molecule has 0 aromatic heterocycles. The molecule has 16 atom stereocenters. The number of phosphoric acid groups is 1. The first-order valence-corrected chi connectivity index (χ1v) is 31.9. The number of ether oxygens (including phenoxy) is 6. The lowest BCUT2D eigenvalue weighted by atomic mass is 9.84. The van der Waals surface area contributed by atoms with E-state index in [4.69, 9.17) is 37.5 Å². The molecule has 2 aliphatic heterocycles. The van der Waals surface area contributed by atoms with E-state index in [-0.39, 0.29) is 12.8 Å². The van der Waals surface area contributed by atoms with E-state index < -0.39 is 150 Å². The SMILES string of the molecule is CCCCCCCCCCCCCCCCCCCC(=O)OCC(COP(=O)(O)OC1C(OC2OC(CO)C(O)C(O)C2O)C(O)C(O)C(O)C1OC1OC(CO)C(O)C(O)C1O)OC(=O)CCCCCCCCCCCCCC. The lowest BCUT2D eigenvalue weighted by molar-refractivity contribution is -0.360. The number of hydrogen-bond acceptors (Lipinski definition) is 22. The number of carbonyl (C=O) groups excluding carboxylic acids is 2. The highest BCUT2D eigenvalue weighted by molar-refractivity contribution is 7.47. The summed E-state index contributed by atoms with van der Waals surface area (Å²) in [5.74, 6) is -1.32. The van der Waals surface area contributed by atoms with Crippen molar-refractivity contribution >= 4 is 19.8 Å². The largest absolute Gasteiger partial charge is 0.472 e. The summed E-state index contributed by atoms with van der Waals surface area (Å²) in [7, 11) is -5.63. The van der Waals surface area contributed by atoms with Gasteiger partial charge in [0.2, 0.25) is 0 Å². The van der Waals surface area contributed by atoms with Gasteiger partial charge in [0.25, 0.3) is 0 Å². The van der Waals surface area contributed by atoms with Gasteiger partial charge in [-0.1, -0.05) is 187 Å². The molecule has 0 radical (unpaired) electrons. The van der Waals surface area contributed by atoms with Crippen LogP contribution in [0.15, 0.2) is 0 Å². The molecule has 1 aliphatic carbocycles. The van der Waals surface area contributed by atoms with Crippen LogP contribution in [-0.4, -0.2) is 204 Å². The molecule has 0 bridgehead atoms. The fraction of sp³-hybridized carbons (Fsp3) is 0.964. The Morgan fingerprint density at radius 1 is 0.425 bits per heavy atom. The van der Waals surface area contributed by atoms with E-state index >= 15 is 0 Å². The van der Waals surface area contributed by atoms with Gasteiger partial charge in [-0.3, -0.25) is 18.6 Å². The molecule has 16 unspecified atom stereocenters. The van der Waals surface area contributed by atoms with E-state index in [1.807, 2.05) is 0 Å². The number of phosphoric ester groups is 1. The average Bonchev–Trinajstić information content (AvgIpc) is 3.47. The molecule has 0 amide bonds. The number of unbranched alkanes of at least 4 members (excludes halogenated alkanes) is 27. The monoisotopic (exact) mass is 1180 g/mol. The van der Waals surface area contributed by atoms with Gasteiger partial charge in [-0.25, -0.2) is 4.57 Å². The van der Waals surface area contributed by atoms with E-state index in [9.17, 15) is 75.2 Å². The van der Waals surface area contributed by atoms with Crippen LogP contribution in [0.25, 0.3) is 0 Å². The summed E-state index contributed by atoms with van der Waals surface area (Å²) in [4.78, 5) is 37.5. The first-order valence-electron chi connectivity index (χ1n) is 30.4. The van der Waals surface area contributed by atoms with Crippen molar-refractivity contribution in [2.45, 2.75) is 317 Å². The Morgan fingerprint density at radius 3 is 1.10 bits per heavy atom. The summed E-state index contributed by atoms with van der Waals surface area (Å²) < 4.78 is 58.1. The fourth-order valence-corrected chi connectivity index (χ4v) is 11.3.